The van der Waals surface area contributed by atoms with Crippen LogP contribution in [-0.4, -0.2) is 16.0 Å². The van der Waals surface area contributed by atoms with Gasteiger partial charge in [0, 0.05) is 12.1 Å². The van der Waals surface area contributed by atoms with Crippen molar-refractivity contribution in [3.8, 4) is 11.5 Å². The number of hydrogen-bond acceptors (Lipinski definition) is 4. The summed E-state index contributed by atoms with van der Waals surface area (Å²) in [5.41, 5.74) is -1.07. The monoisotopic (exact) mass is 335 g/mol. The second-order valence-corrected chi connectivity index (χ2v) is 4.33. The van der Waals surface area contributed by atoms with Crippen LogP contribution in [0.25, 0.3) is 0 Å². The summed E-state index contributed by atoms with van der Waals surface area (Å²) < 4.78 is 18.2. The van der Waals surface area contributed by atoms with E-state index >= 15 is 0 Å². The van der Waals surface area contributed by atoms with Crippen LogP contribution in [0.5, 0.6) is 11.5 Å². The molecule has 0 amide bonds. The molecule has 0 saturated carbocycles. The zero-order valence-corrected chi connectivity index (χ0v) is 14.0. The molecule has 22 heavy (non-hydrogen) atoms. The van der Waals surface area contributed by atoms with Crippen LogP contribution in [0.2, 0.25) is 5.02 Å². The molecule has 0 spiro atoms. The van der Waals surface area contributed by atoms with Gasteiger partial charge >= 0.3 is 35.5 Å². The number of ether oxygens (including phenoxy) is 1. The van der Waals surface area contributed by atoms with Crippen LogP contribution in [-0.2, 0) is 0 Å². The van der Waals surface area contributed by atoms with Crippen molar-refractivity contribution in [3.05, 3.63) is 62.9 Å². The first-order valence-corrected chi connectivity index (χ1v) is 5.91. The van der Waals surface area contributed by atoms with Gasteiger partial charge in [0.05, 0.1) is 9.95 Å². The van der Waals surface area contributed by atoms with Crippen molar-refractivity contribution in [2.24, 2.45) is 0 Å². The van der Waals surface area contributed by atoms with E-state index in [1.165, 1.54) is 12.1 Å². The Bertz CT molecular complexity index is 746. The number of rotatable bonds is 4. The summed E-state index contributed by atoms with van der Waals surface area (Å²) in [6, 6.07) is 6.64. The molecule has 0 fully saturated rings. The maximum absolute atomic E-state index is 12.9. The van der Waals surface area contributed by atoms with Gasteiger partial charge < -0.3 is 11.3 Å². The molecule has 0 atom stereocenters. The van der Waals surface area contributed by atoms with E-state index in [0.29, 0.717) is 0 Å². The Morgan fingerprint density at radius 1 is 1.32 bits per heavy atom. The normalized spacial score (nSPS) is 9.73. The third-order valence-corrected chi connectivity index (χ3v) is 2.81. The van der Waals surface area contributed by atoms with Crippen LogP contribution in [0.4, 0.5) is 10.1 Å². The summed E-state index contributed by atoms with van der Waals surface area (Å²) in [4.78, 5) is 20.9. The molecule has 1 N–H and O–H groups in total. The van der Waals surface area contributed by atoms with E-state index < -0.39 is 28.0 Å². The van der Waals surface area contributed by atoms with E-state index in [4.69, 9.17) is 21.4 Å². The molecular formula is C13H8ClFNNaO5. The number of hydrogen-bond donors (Lipinski definition) is 1. The maximum Gasteiger partial charge on any atom is 1.00 e. The summed E-state index contributed by atoms with van der Waals surface area (Å²) in [5.74, 6) is -1.88. The van der Waals surface area contributed by atoms with Gasteiger partial charge in [0.1, 0.15) is 22.9 Å². The van der Waals surface area contributed by atoms with Crippen LogP contribution in [0, 0.1) is 15.9 Å². The van der Waals surface area contributed by atoms with Crippen molar-refractivity contribution in [2.75, 3.05) is 0 Å². The van der Waals surface area contributed by atoms with E-state index in [1.54, 1.807) is 0 Å². The number of nitro benzene ring substituents is 1. The second kappa shape index (κ2) is 7.55. The SMILES string of the molecule is O=C(O)c1cc(Oc2ccc(F)cc2Cl)ccc1[N+](=O)[O-].[H-].[Na+]. The second-order valence-electron chi connectivity index (χ2n) is 3.92. The van der Waals surface area contributed by atoms with Gasteiger partial charge in [-0.25, -0.2) is 9.18 Å². The Morgan fingerprint density at radius 3 is 2.55 bits per heavy atom. The fourth-order valence-electron chi connectivity index (χ4n) is 1.59. The van der Waals surface area contributed by atoms with Gasteiger partial charge in [-0.05, 0) is 24.3 Å². The summed E-state index contributed by atoms with van der Waals surface area (Å²) in [5, 5.41) is 19.7. The Hall–Kier alpha value is -1.67. The number of carboxylic acid groups (broad SMARTS) is 1. The van der Waals surface area contributed by atoms with Gasteiger partial charge in [-0.1, -0.05) is 11.6 Å². The van der Waals surface area contributed by atoms with Gasteiger partial charge in [-0.2, -0.15) is 0 Å². The Morgan fingerprint density at radius 2 is 2.00 bits per heavy atom. The topological polar surface area (TPSA) is 89.7 Å². The predicted octanol–water partition coefficient (Wildman–Crippen LogP) is 0.994. The molecular weight excluding hydrogens is 328 g/mol. The number of benzene rings is 2. The summed E-state index contributed by atoms with van der Waals surface area (Å²) in [7, 11) is 0. The van der Waals surface area contributed by atoms with Gasteiger partial charge in [-0.15, -0.1) is 0 Å². The van der Waals surface area contributed by atoms with Crippen LogP contribution < -0.4 is 34.3 Å². The Labute approximate surface area is 152 Å². The van der Waals surface area contributed by atoms with E-state index in [-0.39, 0.29) is 47.5 Å². The van der Waals surface area contributed by atoms with Crippen molar-refractivity contribution in [2.45, 2.75) is 0 Å². The summed E-state index contributed by atoms with van der Waals surface area (Å²) in [6.07, 6.45) is 0. The fraction of sp³-hybridized carbons (Fsp3) is 0. The summed E-state index contributed by atoms with van der Waals surface area (Å²) >= 11 is 5.77. The van der Waals surface area contributed by atoms with Crippen LogP contribution >= 0.6 is 11.6 Å². The van der Waals surface area contributed by atoms with Gasteiger partial charge in [0.25, 0.3) is 5.69 Å². The molecule has 0 saturated heterocycles. The first kappa shape index (κ1) is 18.4. The molecule has 0 heterocycles. The molecule has 0 bridgehead atoms. The Kier molecular flexibility index (Phi) is 6.31. The van der Waals surface area contributed by atoms with Crippen molar-refractivity contribution in [1.29, 1.82) is 0 Å². The third-order valence-electron chi connectivity index (χ3n) is 2.52. The van der Waals surface area contributed by atoms with Crippen molar-refractivity contribution in [1.82, 2.24) is 0 Å². The number of carbonyl (C=O) groups is 1. The van der Waals surface area contributed by atoms with Crippen LogP contribution in [0.15, 0.2) is 36.4 Å². The zero-order valence-electron chi connectivity index (χ0n) is 12.2. The smallest absolute Gasteiger partial charge is 1.00 e. The predicted molar refractivity (Wildman–Crippen MR) is 72.7 cm³/mol. The third kappa shape index (κ3) is 4.17. The molecule has 0 aliphatic rings. The minimum absolute atomic E-state index is 0. The molecule has 0 aliphatic heterocycles. The first-order chi connectivity index (χ1) is 9.88. The molecule has 2 aromatic rings. The molecule has 110 valence electrons. The average Bonchev–Trinajstić information content (AvgIpc) is 2.41. The molecule has 0 aliphatic carbocycles. The molecule has 9 heteroatoms. The van der Waals surface area contributed by atoms with Crippen LogP contribution in [0.3, 0.4) is 0 Å². The Balaban J connectivity index is 0.00000242. The van der Waals surface area contributed by atoms with Crippen molar-refractivity contribution in [3.63, 3.8) is 0 Å². The summed E-state index contributed by atoms with van der Waals surface area (Å²) in [6.45, 7) is 0. The average molecular weight is 336 g/mol. The van der Waals surface area contributed by atoms with Gasteiger partial charge in [-0.3, -0.25) is 10.1 Å². The zero-order chi connectivity index (χ0) is 15.6. The first-order valence-electron chi connectivity index (χ1n) is 5.53. The number of nitro groups is 1. The molecule has 0 radical (unpaired) electrons. The maximum atomic E-state index is 12.9. The molecule has 2 aromatic carbocycles. The molecule has 0 aromatic heterocycles. The van der Waals surface area contributed by atoms with Crippen molar-refractivity contribution >= 4 is 23.3 Å². The largest absolute Gasteiger partial charge is 1.00 e. The van der Waals surface area contributed by atoms with Gasteiger partial charge in [0.15, 0.2) is 0 Å². The standard InChI is InChI=1S/C13H7ClFNO5.Na.H/c14-10-5-7(15)1-4-12(10)21-8-2-3-11(16(19)20)9(6-8)13(17)18;;/h1-6H,(H,17,18);;/q;+1;-1. The van der Waals surface area contributed by atoms with E-state index in [2.05, 4.69) is 0 Å². The number of nitrogens with zero attached hydrogens (tertiary/aromatic N) is 1. The minimum Gasteiger partial charge on any atom is -1.00 e. The minimum atomic E-state index is -1.46. The molecule has 6 nitrogen and oxygen atoms in total. The fourth-order valence-corrected chi connectivity index (χ4v) is 1.80. The molecule has 2 rings (SSSR count). The van der Waals surface area contributed by atoms with E-state index in [1.807, 2.05) is 0 Å². The quantitative estimate of drug-likeness (QED) is 0.511. The van der Waals surface area contributed by atoms with Crippen molar-refractivity contribution < 1.29 is 54.9 Å². The van der Waals surface area contributed by atoms with Gasteiger partial charge in [0.2, 0.25) is 0 Å². The number of aromatic carboxylic acids is 1. The van der Waals surface area contributed by atoms with E-state index in [9.17, 15) is 19.3 Å². The number of carboxylic acids is 1. The number of halogens is 2. The van der Waals surface area contributed by atoms with E-state index in [0.717, 1.165) is 24.3 Å². The van der Waals surface area contributed by atoms with Crippen LogP contribution in [0.1, 0.15) is 11.8 Å². The molecule has 0 unspecified atom stereocenters.